The van der Waals surface area contributed by atoms with Gasteiger partial charge in [-0.1, -0.05) is 37.1 Å². The van der Waals surface area contributed by atoms with Gasteiger partial charge in [-0.2, -0.15) is 0 Å². The van der Waals surface area contributed by atoms with Crippen LogP contribution in [0.3, 0.4) is 0 Å². The van der Waals surface area contributed by atoms with Crippen molar-refractivity contribution >= 4 is 11.9 Å². The second-order valence-corrected chi connectivity index (χ2v) is 7.28. The van der Waals surface area contributed by atoms with E-state index in [2.05, 4.69) is 0 Å². The van der Waals surface area contributed by atoms with Gasteiger partial charge in [-0.25, -0.2) is 9.18 Å². The molecule has 148 valence electrons. The minimum Gasteiger partial charge on any atom is -0.482 e. The molecule has 1 amide bonds. The van der Waals surface area contributed by atoms with Crippen LogP contribution in [0.5, 0.6) is 5.75 Å². The van der Waals surface area contributed by atoms with Gasteiger partial charge in [0.15, 0.2) is 6.61 Å². The Morgan fingerprint density at radius 1 is 1.07 bits per heavy atom. The smallest absolute Gasteiger partial charge is 0.341 e. The van der Waals surface area contributed by atoms with Gasteiger partial charge in [0.05, 0.1) is 5.41 Å². The van der Waals surface area contributed by atoms with E-state index in [1.165, 1.54) is 12.1 Å². The molecule has 0 radical (unpaired) electrons. The highest BCUT2D eigenvalue weighted by atomic mass is 19.1. The highest BCUT2D eigenvalue weighted by Gasteiger charge is 2.44. The number of carbonyl (C=O) groups is 2. The predicted molar refractivity (Wildman–Crippen MR) is 103 cm³/mol. The Balaban J connectivity index is 1.72. The second-order valence-electron chi connectivity index (χ2n) is 7.28. The molecule has 0 aliphatic heterocycles. The Kier molecular flexibility index (Phi) is 5.97. The summed E-state index contributed by atoms with van der Waals surface area (Å²) in [6.07, 6.45) is 3.49. The maximum atomic E-state index is 13.3. The fourth-order valence-electron chi connectivity index (χ4n) is 3.92. The fraction of sp³-hybridized carbons (Fsp3) is 0.364. The molecule has 6 heteroatoms. The summed E-state index contributed by atoms with van der Waals surface area (Å²) in [4.78, 5) is 25.6. The predicted octanol–water partition coefficient (Wildman–Crippen LogP) is 3.76. The molecule has 1 aliphatic rings. The molecule has 0 unspecified atom stereocenters. The van der Waals surface area contributed by atoms with Crippen LogP contribution in [-0.2, 0) is 21.5 Å². The van der Waals surface area contributed by atoms with Crippen LogP contribution in [0.1, 0.15) is 36.8 Å². The Morgan fingerprint density at radius 3 is 2.25 bits per heavy atom. The molecule has 3 rings (SSSR count). The molecule has 1 fully saturated rings. The van der Waals surface area contributed by atoms with Crippen LogP contribution in [0.15, 0.2) is 48.5 Å². The average Bonchev–Trinajstić information content (AvgIpc) is 3.18. The van der Waals surface area contributed by atoms with Crippen LogP contribution in [0.2, 0.25) is 0 Å². The number of likely N-dealkylation sites (N-methyl/N-ethyl adjacent to an activating group) is 1. The van der Waals surface area contributed by atoms with Crippen molar-refractivity contribution in [1.82, 2.24) is 4.90 Å². The zero-order valence-corrected chi connectivity index (χ0v) is 15.9. The second kappa shape index (κ2) is 8.42. The SMILES string of the molecule is CN(Cc1ccc(OCC(=O)O)cc1)C(=O)C1(c2ccc(F)cc2)CCCC1. The van der Waals surface area contributed by atoms with Crippen molar-refractivity contribution in [1.29, 1.82) is 0 Å². The summed E-state index contributed by atoms with van der Waals surface area (Å²) in [5, 5.41) is 8.66. The summed E-state index contributed by atoms with van der Waals surface area (Å²) in [7, 11) is 1.78. The maximum Gasteiger partial charge on any atom is 0.341 e. The highest BCUT2D eigenvalue weighted by molar-refractivity contribution is 5.88. The molecular formula is C22H24FNO4. The Morgan fingerprint density at radius 2 is 1.68 bits per heavy atom. The Hall–Kier alpha value is -2.89. The molecule has 1 aliphatic carbocycles. The number of halogens is 1. The molecule has 0 bridgehead atoms. The molecular weight excluding hydrogens is 361 g/mol. The number of ether oxygens (including phenoxy) is 1. The van der Waals surface area contributed by atoms with Gasteiger partial charge in [0.1, 0.15) is 11.6 Å². The van der Waals surface area contributed by atoms with E-state index >= 15 is 0 Å². The van der Waals surface area contributed by atoms with Gasteiger partial charge in [0, 0.05) is 13.6 Å². The molecule has 1 N–H and O–H groups in total. The van der Waals surface area contributed by atoms with Crippen molar-refractivity contribution in [2.75, 3.05) is 13.7 Å². The molecule has 28 heavy (non-hydrogen) atoms. The lowest BCUT2D eigenvalue weighted by Gasteiger charge is -2.33. The number of hydrogen-bond acceptors (Lipinski definition) is 3. The van der Waals surface area contributed by atoms with Crippen molar-refractivity contribution < 1.29 is 23.8 Å². The van der Waals surface area contributed by atoms with Crippen molar-refractivity contribution in [3.63, 3.8) is 0 Å². The lowest BCUT2D eigenvalue weighted by molar-refractivity contribution is -0.139. The van der Waals surface area contributed by atoms with E-state index < -0.39 is 18.0 Å². The largest absolute Gasteiger partial charge is 0.482 e. The van der Waals surface area contributed by atoms with E-state index in [0.29, 0.717) is 12.3 Å². The lowest BCUT2D eigenvalue weighted by Crippen LogP contribution is -2.43. The van der Waals surface area contributed by atoms with Crippen LogP contribution in [0.25, 0.3) is 0 Å². The quantitative estimate of drug-likeness (QED) is 0.788. The first-order chi connectivity index (χ1) is 13.4. The molecule has 5 nitrogen and oxygen atoms in total. The lowest BCUT2D eigenvalue weighted by atomic mass is 9.77. The zero-order valence-electron chi connectivity index (χ0n) is 15.9. The number of carbonyl (C=O) groups excluding carboxylic acids is 1. The van der Waals surface area contributed by atoms with Gasteiger partial charge < -0.3 is 14.7 Å². The number of nitrogens with zero attached hydrogens (tertiary/aromatic N) is 1. The van der Waals surface area contributed by atoms with Crippen LogP contribution < -0.4 is 4.74 Å². The van der Waals surface area contributed by atoms with Crippen LogP contribution in [-0.4, -0.2) is 35.5 Å². The number of aliphatic carboxylic acids is 1. The number of carboxylic acids is 1. The fourth-order valence-corrected chi connectivity index (χ4v) is 3.92. The molecule has 0 saturated heterocycles. The summed E-state index contributed by atoms with van der Waals surface area (Å²) in [5.74, 6) is -0.818. The number of rotatable bonds is 7. The van der Waals surface area contributed by atoms with E-state index in [0.717, 1.165) is 36.8 Å². The maximum absolute atomic E-state index is 13.3. The molecule has 0 atom stereocenters. The topological polar surface area (TPSA) is 66.8 Å². The standard InChI is InChI=1S/C22H24FNO4/c1-24(14-16-4-10-19(11-5-16)28-15-20(25)26)21(27)22(12-2-3-13-22)17-6-8-18(23)9-7-17/h4-11H,2-3,12-15H2,1H3,(H,25,26). The number of carboxylic acid groups (broad SMARTS) is 1. The normalized spacial score (nSPS) is 15.2. The molecule has 0 spiro atoms. The van der Waals surface area contributed by atoms with Gasteiger partial charge in [0.2, 0.25) is 5.91 Å². The Bertz CT molecular complexity index is 827. The van der Waals surface area contributed by atoms with Crippen molar-refractivity contribution in [2.24, 2.45) is 0 Å². The van der Waals surface area contributed by atoms with E-state index in [1.807, 2.05) is 12.1 Å². The van der Waals surface area contributed by atoms with Gasteiger partial charge in [-0.05, 0) is 48.2 Å². The van der Waals surface area contributed by atoms with Gasteiger partial charge in [-0.3, -0.25) is 4.79 Å². The third kappa shape index (κ3) is 4.32. The first kappa shape index (κ1) is 19.9. The third-order valence-corrected chi connectivity index (χ3v) is 5.32. The molecule has 1 saturated carbocycles. The van der Waals surface area contributed by atoms with Crippen LogP contribution >= 0.6 is 0 Å². The van der Waals surface area contributed by atoms with Crippen molar-refractivity contribution in [2.45, 2.75) is 37.6 Å². The van der Waals surface area contributed by atoms with Crippen LogP contribution in [0.4, 0.5) is 4.39 Å². The summed E-state index contributed by atoms with van der Waals surface area (Å²) in [6, 6.07) is 13.3. The summed E-state index contributed by atoms with van der Waals surface area (Å²) in [5.41, 5.74) is 1.21. The monoisotopic (exact) mass is 385 g/mol. The van der Waals surface area contributed by atoms with Crippen molar-refractivity contribution in [3.8, 4) is 5.75 Å². The minimum atomic E-state index is -1.03. The van der Waals surface area contributed by atoms with E-state index in [9.17, 15) is 14.0 Å². The van der Waals surface area contributed by atoms with E-state index in [-0.39, 0.29) is 11.7 Å². The molecule has 2 aromatic carbocycles. The van der Waals surface area contributed by atoms with Gasteiger partial charge in [0.25, 0.3) is 0 Å². The number of benzene rings is 2. The summed E-state index contributed by atoms with van der Waals surface area (Å²) >= 11 is 0. The molecule has 0 heterocycles. The molecule has 0 aromatic heterocycles. The third-order valence-electron chi connectivity index (χ3n) is 5.32. The Labute approximate surface area is 163 Å². The average molecular weight is 385 g/mol. The van der Waals surface area contributed by atoms with Crippen LogP contribution in [0, 0.1) is 5.82 Å². The first-order valence-electron chi connectivity index (χ1n) is 9.36. The highest BCUT2D eigenvalue weighted by Crippen LogP contribution is 2.42. The first-order valence-corrected chi connectivity index (χ1v) is 9.36. The van der Waals surface area contributed by atoms with E-state index in [4.69, 9.17) is 9.84 Å². The number of hydrogen-bond donors (Lipinski definition) is 1. The minimum absolute atomic E-state index is 0.0443. The summed E-state index contributed by atoms with van der Waals surface area (Å²) < 4.78 is 18.5. The summed E-state index contributed by atoms with van der Waals surface area (Å²) in [6.45, 7) is 0.0406. The zero-order chi connectivity index (χ0) is 20.1. The van der Waals surface area contributed by atoms with Gasteiger partial charge in [-0.15, -0.1) is 0 Å². The number of amides is 1. The van der Waals surface area contributed by atoms with E-state index in [1.54, 1.807) is 36.2 Å². The molecule has 2 aromatic rings. The van der Waals surface area contributed by atoms with Gasteiger partial charge >= 0.3 is 5.97 Å². The van der Waals surface area contributed by atoms with Crippen molar-refractivity contribution in [3.05, 3.63) is 65.5 Å².